The maximum absolute atomic E-state index is 11.9. The molecule has 2 heterocycles. The van der Waals surface area contributed by atoms with Crippen LogP contribution >= 0.6 is 0 Å². The molecule has 3 nitrogen and oxygen atoms in total. The quantitative estimate of drug-likeness (QED) is 0.814. The summed E-state index contributed by atoms with van der Waals surface area (Å²) < 4.78 is 5.47. The van der Waals surface area contributed by atoms with E-state index in [1.54, 1.807) is 6.26 Å². The van der Waals surface area contributed by atoms with E-state index in [0.717, 1.165) is 22.5 Å². The van der Waals surface area contributed by atoms with Crippen LogP contribution in [0.5, 0.6) is 0 Å². The summed E-state index contributed by atoms with van der Waals surface area (Å²) >= 11 is 0. The predicted molar refractivity (Wildman–Crippen MR) is 64.9 cm³/mol. The van der Waals surface area contributed by atoms with Gasteiger partial charge in [0.1, 0.15) is 5.76 Å². The minimum atomic E-state index is 0.108. The number of furan rings is 1. The zero-order valence-corrected chi connectivity index (χ0v) is 9.62. The fourth-order valence-corrected chi connectivity index (χ4v) is 2.24. The smallest absolute Gasteiger partial charge is 0.180 e. The summed E-state index contributed by atoms with van der Waals surface area (Å²) in [5.74, 6) is 0.856. The van der Waals surface area contributed by atoms with Crippen LogP contribution in [0.3, 0.4) is 0 Å². The highest BCUT2D eigenvalue weighted by Crippen LogP contribution is 2.30. The van der Waals surface area contributed by atoms with E-state index in [0.29, 0.717) is 13.1 Å². The average Bonchev–Trinajstić information content (AvgIpc) is 2.74. The number of Topliss-reactive ketones (excluding diaryl/α,β-unsaturated/α-hetero) is 1. The number of ketones is 1. The SMILES string of the molecule is Cc1cccc(-c2coc3c2C(=O)CNC3)c1. The zero-order chi connectivity index (χ0) is 11.8. The first-order valence-electron chi connectivity index (χ1n) is 5.67. The fraction of sp³-hybridized carbons (Fsp3) is 0.214. The van der Waals surface area contributed by atoms with Gasteiger partial charge in [-0.2, -0.15) is 0 Å². The molecule has 3 heteroatoms. The van der Waals surface area contributed by atoms with Crippen molar-refractivity contribution < 1.29 is 9.21 Å². The van der Waals surface area contributed by atoms with Crippen molar-refractivity contribution in [3.8, 4) is 11.1 Å². The third-order valence-electron chi connectivity index (χ3n) is 3.05. The topological polar surface area (TPSA) is 42.2 Å². The highest BCUT2D eigenvalue weighted by molar-refractivity contribution is 6.05. The Bertz CT molecular complexity index is 584. The second-order valence-corrected chi connectivity index (χ2v) is 4.34. The number of fused-ring (bicyclic) bond motifs is 1. The van der Waals surface area contributed by atoms with Crippen molar-refractivity contribution in [1.82, 2.24) is 5.32 Å². The summed E-state index contributed by atoms with van der Waals surface area (Å²) in [6, 6.07) is 8.11. The molecule has 1 aromatic heterocycles. The summed E-state index contributed by atoms with van der Waals surface area (Å²) in [5.41, 5.74) is 3.88. The van der Waals surface area contributed by atoms with Gasteiger partial charge in [-0.3, -0.25) is 4.79 Å². The molecule has 0 atom stereocenters. The molecule has 86 valence electrons. The molecule has 0 aliphatic carbocycles. The Morgan fingerprint density at radius 3 is 3.00 bits per heavy atom. The average molecular weight is 227 g/mol. The van der Waals surface area contributed by atoms with Gasteiger partial charge in [-0.1, -0.05) is 29.8 Å². The Kier molecular flexibility index (Phi) is 2.34. The Labute approximate surface area is 99.4 Å². The predicted octanol–water partition coefficient (Wildman–Crippen LogP) is 2.54. The number of nitrogens with one attached hydrogen (secondary N) is 1. The van der Waals surface area contributed by atoms with Crippen molar-refractivity contribution in [3.05, 3.63) is 47.4 Å². The fourth-order valence-electron chi connectivity index (χ4n) is 2.24. The van der Waals surface area contributed by atoms with Crippen LogP contribution in [0.2, 0.25) is 0 Å². The van der Waals surface area contributed by atoms with Gasteiger partial charge < -0.3 is 9.73 Å². The van der Waals surface area contributed by atoms with E-state index in [1.165, 1.54) is 5.56 Å². The summed E-state index contributed by atoms with van der Waals surface area (Å²) in [6.07, 6.45) is 1.68. The van der Waals surface area contributed by atoms with Gasteiger partial charge >= 0.3 is 0 Å². The van der Waals surface area contributed by atoms with Gasteiger partial charge in [0.2, 0.25) is 0 Å². The molecule has 0 amide bonds. The van der Waals surface area contributed by atoms with E-state index in [-0.39, 0.29) is 5.78 Å². The summed E-state index contributed by atoms with van der Waals surface area (Å²) in [7, 11) is 0. The van der Waals surface area contributed by atoms with Crippen molar-refractivity contribution in [1.29, 1.82) is 0 Å². The molecule has 1 aliphatic heterocycles. The number of hydrogen-bond acceptors (Lipinski definition) is 3. The van der Waals surface area contributed by atoms with Gasteiger partial charge in [-0.15, -0.1) is 0 Å². The molecule has 1 aliphatic rings. The molecule has 1 aromatic carbocycles. The lowest BCUT2D eigenvalue weighted by Crippen LogP contribution is -2.28. The summed E-state index contributed by atoms with van der Waals surface area (Å²) in [5, 5.41) is 3.02. The van der Waals surface area contributed by atoms with Crippen molar-refractivity contribution in [2.24, 2.45) is 0 Å². The monoisotopic (exact) mass is 227 g/mol. The molecule has 0 bridgehead atoms. The van der Waals surface area contributed by atoms with Gasteiger partial charge in [0.15, 0.2) is 5.78 Å². The van der Waals surface area contributed by atoms with Crippen LogP contribution in [-0.4, -0.2) is 12.3 Å². The van der Waals surface area contributed by atoms with Gasteiger partial charge in [0.05, 0.1) is 24.9 Å². The van der Waals surface area contributed by atoms with Crippen molar-refractivity contribution in [2.45, 2.75) is 13.5 Å². The maximum Gasteiger partial charge on any atom is 0.180 e. The summed E-state index contributed by atoms with van der Waals surface area (Å²) in [6.45, 7) is 3.07. The first-order chi connectivity index (χ1) is 8.25. The number of hydrogen-bond donors (Lipinski definition) is 1. The molecule has 1 N–H and O–H groups in total. The van der Waals surface area contributed by atoms with Crippen molar-refractivity contribution in [3.63, 3.8) is 0 Å². The maximum atomic E-state index is 11.9. The molecule has 0 saturated heterocycles. The number of rotatable bonds is 1. The van der Waals surface area contributed by atoms with E-state index >= 15 is 0 Å². The standard InChI is InChI=1S/C14H13NO2/c1-9-3-2-4-10(5-9)11-8-17-13-7-15-6-12(16)14(11)13/h2-5,8,15H,6-7H2,1H3. The van der Waals surface area contributed by atoms with E-state index in [9.17, 15) is 4.79 Å². The normalized spacial score (nSPS) is 14.8. The van der Waals surface area contributed by atoms with Gasteiger partial charge in [-0.05, 0) is 12.5 Å². The Balaban J connectivity index is 2.16. The lowest BCUT2D eigenvalue weighted by atomic mass is 9.97. The van der Waals surface area contributed by atoms with Crippen molar-refractivity contribution >= 4 is 5.78 Å². The van der Waals surface area contributed by atoms with E-state index < -0.39 is 0 Å². The van der Waals surface area contributed by atoms with Crippen LogP contribution in [0.15, 0.2) is 34.9 Å². The van der Waals surface area contributed by atoms with Crippen LogP contribution in [0.4, 0.5) is 0 Å². The summed E-state index contributed by atoms with van der Waals surface area (Å²) in [4.78, 5) is 11.9. The molecule has 17 heavy (non-hydrogen) atoms. The number of carbonyl (C=O) groups is 1. The molecule has 0 saturated carbocycles. The van der Waals surface area contributed by atoms with Gasteiger partial charge in [0.25, 0.3) is 0 Å². The van der Waals surface area contributed by atoms with E-state index in [4.69, 9.17) is 4.42 Å². The molecule has 0 spiro atoms. The Morgan fingerprint density at radius 1 is 1.29 bits per heavy atom. The van der Waals surface area contributed by atoms with Gasteiger partial charge in [0, 0.05) is 5.56 Å². The number of benzene rings is 1. The number of aryl methyl sites for hydroxylation is 1. The zero-order valence-electron chi connectivity index (χ0n) is 9.62. The molecule has 0 radical (unpaired) electrons. The van der Waals surface area contributed by atoms with Crippen LogP contribution in [0, 0.1) is 6.92 Å². The van der Waals surface area contributed by atoms with E-state index in [1.807, 2.05) is 25.1 Å². The van der Waals surface area contributed by atoms with Crippen LogP contribution < -0.4 is 5.32 Å². The Hall–Kier alpha value is -1.87. The number of carbonyl (C=O) groups excluding carboxylic acids is 1. The molecule has 2 aromatic rings. The third-order valence-corrected chi connectivity index (χ3v) is 3.05. The highest BCUT2D eigenvalue weighted by Gasteiger charge is 2.24. The van der Waals surface area contributed by atoms with Crippen LogP contribution in [0.25, 0.3) is 11.1 Å². The molecule has 0 unspecified atom stereocenters. The van der Waals surface area contributed by atoms with E-state index in [2.05, 4.69) is 11.4 Å². The molecular formula is C14H13NO2. The van der Waals surface area contributed by atoms with Crippen LogP contribution in [-0.2, 0) is 6.54 Å². The molecular weight excluding hydrogens is 214 g/mol. The molecule has 0 fully saturated rings. The second-order valence-electron chi connectivity index (χ2n) is 4.34. The van der Waals surface area contributed by atoms with Crippen LogP contribution in [0.1, 0.15) is 21.7 Å². The lowest BCUT2D eigenvalue weighted by Gasteiger charge is -2.11. The first-order valence-corrected chi connectivity index (χ1v) is 5.67. The minimum Gasteiger partial charge on any atom is -0.467 e. The van der Waals surface area contributed by atoms with Gasteiger partial charge in [-0.25, -0.2) is 0 Å². The highest BCUT2D eigenvalue weighted by atomic mass is 16.3. The van der Waals surface area contributed by atoms with Crippen molar-refractivity contribution in [2.75, 3.05) is 6.54 Å². The molecule has 3 rings (SSSR count). The largest absolute Gasteiger partial charge is 0.467 e. The second kappa shape index (κ2) is 3.86. The lowest BCUT2D eigenvalue weighted by molar-refractivity contribution is 0.0979. The minimum absolute atomic E-state index is 0.108. The third kappa shape index (κ3) is 1.68. The Morgan fingerprint density at radius 2 is 2.18 bits per heavy atom. The first kappa shape index (κ1) is 10.3.